The fourth-order valence-electron chi connectivity index (χ4n) is 1.32. The quantitative estimate of drug-likeness (QED) is 0.864. The van der Waals surface area contributed by atoms with Gasteiger partial charge in [-0.15, -0.1) is 5.10 Å². The number of aromatic nitrogens is 2. The van der Waals surface area contributed by atoms with E-state index >= 15 is 0 Å². The van der Waals surface area contributed by atoms with E-state index in [9.17, 15) is 13.2 Å². The van der Waals surface area contributed by atoms with Crippen molar-refractivity contribution in [1.29, 1.82) is 0 Å². The van der Waals surface area contributed by atoms with E-state index in [-0.39, 0.29) is 6.04 Å². The first-order valence-electron chi connectivity index (χ1n) is 5.04. The summed E-state index contributed by atoms with van der Waals surface area (Å²) in [4.78, 5) is 0. The van der Waals surface area contributed by atoms with Crippen LogP contribution in [0.4, 0.5) is 13.2 Å². The number of hydrogen-bond donors (Lipinski definition) is 1. The average molecular weight is 233 g/mol. The van der Waals surface area contributed by atoms with E-state index < -0.39 is 11.9 Å². The molecule has 0 radical (unpaired) electrons. The van der Waals surface area contributed by atoms with Gasteiger partial charge in [-0.05, 0) is 25.6 Å². The van der Waals surface area contributed by atoms with Gasteiger partial charge in [0.2, 0.25) is 0 Å². The highest BCUT2D eigenvalue weighted by Gasteiger charge is 2.32. The molecule has 0 aliphatic heterocycles. The topological polar surface area (TPSA) is 37.8 Å². The minimum absolute atomic E-state index is 0.214. The van der Waals surface area contributed by atoms with Crippen LogP contribution >= 0.6 is 0 Å². The average Bonchev–Trinajstić information content (AvgIpc) is 2.25. The molecule has 3 nitrogen and oxygen atoms in total. The zero-order valence-electron chi connectivity index (χ0n) is 9.17. The molecule has 0 aliphatic rings. The Hall–Kier alpha value is -1.17. The third-order valence-corrected chi connectivity index (χ3v) is 2.37. The van der Waals surface area contributed by atoms with Crippen LogP contribution in [0, 0.1) is 0 Å². The molecule has 90 valence electrons. The van der Waals surface area contributed by atoms with Crippen molar-refractivity contribution >= 4 is 0 Å². The first-order valence-corrected chi connectivity index (χ1v) is 5.04. The van der Waals surface area contributed by atoms with Crippen LogP contribution in [0.1, 0.15) is 24.7 Å². The number of alkyl halides is 3. The highest BCUT2D eigenvalue weighted by molar-refractivity contribution is 5.10. The number of nitrogens with one attached hydrogen (secondary N) is 1. The summed E-state index contributed by atoms with van der Waals surface area (Å²) in [6.45, 7) is 2.00. The van der Waals surface area contributed by atoms with Crippen molar-refractivity contribution in [2.75, 3.05) is 7.05 Å². The van der Waals surface area contributed by atoms with Crippen LogP contribution in [0.3, 0.4) is 0 Å². The molecule has 1 rings (SSSR count). The summed E-state index contributed by atoms with van der Waals surface area (Å²) in [5, 5.41) is 9.79. The maximum atomic E-state index is 12.2. The molecule has 1 aromatic rings. The maximum Gasteiger partial charge on any atom is 0.435 e. The van der Waals surface area contributed by atoms with Gasteiger partial charge in [-0.25, -0.2) is 0 Å². The molecule has 0 aromatic carbocycles. The lowest BCUT2D eigenvalue weighted by molar-refractivity contribution is -0.141. The minimum Gasteiger partial charge on any atom is -0.317 e. The lowest BCUT2D eigenvalue weighted by atomic mass is 10.1. The Balaban J connectivity index is 2.72. The van der Waals surface area contributed by atoms with E-state index in [4.69, 9.17) is 0 Å². The molecule has 1 aromatic heterocycles. The number of rotatable bonds is 4. The molecule has 1 unspecified atom stereocenters. The molecule has 0 aliphatic carbocycles. The SMILES string of the molecule is CCC(Cc1ccc(C(F)(F)F)nn1)NC. The molecule has 0 fully saturated rings. The van der Waals surface area contributed by atoms with Crippen molar-refractivity contribution < 1.29 is 13.2 Å². The Kier molecular flexibility index (Phi) is 4.23. The third kappa shape index (κ3) is 3.44. The molecule has 1 atom stereocenters. The van der Waals surface area contributed by atoms with Crippen molar-refractivity contribution in [3.63, 3.8) is 0 Å². The van der Waals surface area contributed by atoms with Gasteiger partial charge in [0, 0.05) is 12.5 Å². The second kappa shape index (κ2) is 5.25. The third-order valence-electron chi connectivity index (χ3n) is 2.37. The summed E-state index contributed by atoms with van der Waals surface area (Å²) in [6.07, 6.45) is -2.95. The predicted molar refractivity (Wildman–Crippen MR) is 53.9 cm³/mol. The maximum absolute atomic E-state index is 12.2. The highest BCUT2D eigenvalue weighted by Crippen LogP contribution is 2.26. The van der Waals surface area contributed by atoms with E-state index in [2.05, 4.69) is 15.5 Å². The fraction of sp³-hybridized carbons (Fsp3) is 0.600. The van der Waals surface area contributed by atoms with Crippen molar-refractivity contribution in [2.45, 2.75) is 32.0 Å². The van der Waals surface area contributed by atoms with E-state index in [1.165, 1.54) is 6.07 Å². The second-order valence-corrected chi connectivity index (χ2v) is 3.51. The van der Waals surface area contributed by atoms with Crippen molar-refractivity contribution in [3.8, 4) is 0 Å². The summed E-state index contributed by atoms with van der Waals surface area (Å²) in [5.41, 5.74) is -0.386. The number of halogens is 3. The second-order valence-electron chi connectivity index (χ2n) is 3.51. The van der Waals surface area contributed by atoms with Crippen molar-refractivity contribution in [1.82, 2.24) is 15.5 Å². The Morgan fingerprint density at radius 2 is 2.00 bits per heavy atom. The smallest absolute Gasteiger partial charge is 0.317 e. The molecule has 0 amide bonds. The van der Waals surface area contributed by atoms with E-state index in [1.54, 1.807) is 0 Å². The van der Waals surface area contributed by atoms with Gasteiger partial charge < -0.3 is 5.32 Å². The first kappa shape index (κ1) is 12.9. The summed E-state index contributed by atoms with van der Waals surface area (Å²) in [6, 6.07) is 2.55. The molecule has 0 spiro atoms. The Labute approximate surface area is 92.1 Å². The lowest BCUT2D eigenvalue weighted by Gasteiger charge is -2.12. The standard InChI is InChI=1S/C10H14F3N3/c1-3-7(14-2)6-8-4-5-9(16-15-8)10(11,12)13/h4-5,7,14H,3,6H2,1-2H3. The van der Waals surface area contributed by atoms with E-state index in [0.717, 1.165) is 12.5 Å². The van der Waals surface area contributed by atoms with Gasteiger partial charge in [0.1, 0.15) is 0 Å². The highest BCUT2D eigenvalue weighted by atomic mass is 19.4. The zero-order chi connectivity index (χ0) is 12.2. The van der Waals surface area contributed by atoms with Crippen LogP contribution in [-0.4, -0.2) is 23.3 Å². The summed E-state index contributed by atoms with van der Waals surface area (Å²) in [5.74, 6) is 0. The predicted octanol–water partition coefficient (Wildman–Crippen LogP) is 2.04. The minimum atomic E-state index is -4.42. The Bertz CT molecular complexity index is 317. The summed E-state index contributed by atoms with van der Waals surface area (Å²) in [7, 11) is 1.81. The van der Waals surface area contributed by atoms with Gasteiger partial charge in [0.05, 0.1) is 5.69 Å². The van der Waals surface area contributed by atoms with Crippen LogP contribution in [0.5, 0.6) is 0 Å². The van der Waals surface area contributed by atoms with Gasteiger partial charge in [0.25, 0.3) is 0 Å². The van der Waals surface area contributed by atoms with E-state index in [1.807, 2.05) is 14.0 Å². The molecule has 0 saturated carbocycles. The van der Waals surface area contributed by atoms with Crippen molar-refractivity contribution in [3.05, 3.63) is 23.5 Å². The fourth-order valence-corrected chi connectivity index (χ4v) is 1.32. The van der Waals surface area contributed by atoms with Gasteiger partial charge in [0.15, 0.2) is 5.69 Å². The molecule has 1 N–H and O–H groups in total. The zero-order valence-corrected chi connectivity index (χ0v) is 9.17. The molecular formula is C10H14F3N3. The molecule has 6 heteroatoms. The lowest BCUT2D eigenvalue weighted by Crippen LogP contribution is -2.27. The number of likely N-dealkylation sites (N-methyl/N-ethyl adjacent to an activating group) is 1. The van der Waals surface area contributed by atoms with Crippen LogP contribution in [0.25, 0.3) is 0 Å². The molecule has 0 bridgehead atoms. The number of nitrogens with zero attached hydrogens (tertiary/aromatic N) is 2. The van der Waals surface area contributed by atoms with Crippen molar-refractivity contribution in [2.24, 2.45) is 0 Å². The molecule has 0 saturated heterocycles. The summed E-state index contributed by atoms with van der Waals surface area (Å²) >= 11 is 0. The van der Waals surface area contributed by atoms with Gasteiger partial charge in [-0.2, -0.15) is 18.3 Å². The molecular weight excluding hydrogens is 219 g/mol. The summed E-state index contributed by atoms with van der Waals surface area (Å²) < 4.78 is 36.6. The van der Waals surface area contributed by atoms with E-state index in [0.29, 0.717) is 12.1 Å². The Morgan fingerprint density at radius 1 is 1.31 bits per heavy atom. The monoisotopic (exact) mass is 233 g/mol. The van der Waals surface area contributed by atoms with Crippen LogP contribution in [0.2, 0.25) is 0 Å². The van der Waals surface area contributed by atoms with Crippen LogP contribution in [-0.2, 0) is 12.6 Å². The molecule has 1 heterocycles. The van der Waals surface area contributed by atoms with Gasteiger partial charge in [-0.1, -0.05) is 6.92 Å². The number of hydrogen-bond acceptors (Lipinski definition) is 3. The Morgan fingerprint density at radius 3 is 2.38 bits per heavy atom. The van der Waals surface area contributed by atoms with Crippen LogP contribution in [0.15, 0.2) is 12.1 Å². The normalized spacial score (nSPS) is 13.8. The largest absolute Gasteiger partial charge is 0.435 e. The van der Waals surface area contributed by atoms with Gasteiger partial charge >= 0.3 is 6.18 Å². The van der Waals surface area contributed by atoms with Gasteiger partial charge in [-0.3, -0.25) is 0 Å². The first-order chi connectivity index (χ1) is 7.47. The van der Waals surface area contributed by atoms with Crippen LogP contribution < -0.4 is 5.32 Å². The molecule has 16 heavy (non-hydrogen) atoms.